The van der Waals surface area contributed by atoms with Gasteiger partial charge < -0.3 is 19.9 Å². The van der Waals surface area contributed by atoms with Crippen LogP contribution in [0, 0.1) is 5.82 Å². The van der Waals surface area contributed by atoms with Gasteiger partial charge in [0, 0.05) is 13.1 Å². The van der Waals surface area contributed by atoms with Gasteiger partial charge >= 0.3 is 0 Å². The molecule has 0 heterocycles. The molecule has 2 rings (SSSR count). The number of likely N-dealkylation sites (N-methyl/N-ethyl adjacent to an activating group) is 2. The lowest BCUT2D eigenvalue weighted by molar-refractivity contribution is -0.862. The van der Waals surface area contributed by atoms with E-state index in [0.29, 0.717) is 22.8 Å². The van der Waals surface area contributed by atoms with Crippen molar-refractivity contribution >= 4 is 29.1 Å². The van der Waals surface area contributed by atoms with Gasteiger partial charge in [0.25, 0.3) is 11.8 Å². The smallest absolute Gasteiger partial charge is 0.279 e. The maximum Gasteiger partial charge on any atom is 0.279 e. The van der Waals surface area contributed by atoms with Crippen molar-refractivity contribution in [1.82, 2.24) is 4.90 Å². The first-order valence-electron chi connectivity index (χ1n) is 9.29. The number of benzene rings is 2. The van der Waals surface area contributed by atoms with E-state index in [1.54, 1.807) is 48.3 Å². The lowest BCUT2D eigenvalue weighted by atomic mass is 10.2. The molecular weight excluding hydrogens is 397 g/mol. The van der Waals surface area contributed by atoms with Crippen molar-refractivity contribution in [3.8, 4) is 5.75 Å². The number of hydrogen-bond acceptors (Lipinski definition) is 3. The summed E-state index contributed by atoms with van der Waals surface area (Å²) < 4.78 is 18.8. The highest BCUT2D eigenvalue weighted by atomic mass is 35.5. The summed E-state index contributed by atoms with van der Waals surface area (Å²) in [7, 11) is 3.17. The average Bonchev–Trinajstić information content (AvgIpc) is 2.67. The van der Waals surface area contributed by atoms with Crippen LogP contribution < -0.4 is 15.0 Å². The van der Waals surface area contributed by atoms with Crippen LogP contribution in [0.3, 0.4) is 0 Å². The third kappa shape index (κ3) is 6.73. The van der Waals surface area contributed by atoms with E-state index in [1.807, 2.05) is 6.92 Å². The molecule has 0 saturated carbocycles. The normalized spacial score (nSPS) is 11.6. The molecule has 0 bridgehead atoms. The standard InChI is InChI=1S/C21H25ClFN3O3/c1-4-26(12-15-9-10-19(29-3)17(23)11-15)21(28)14-25(2)13-20(27)24-18-8-6-5-7-16(18)22/h5-11H,4,12-14H2,1-3H3,(H,24,27)/p+1. The summed E-state index contributed by atoms with van der Waals surface area (Å²) >= 11 is 6.04. The lowest BCUT2D eigenvalue weighted by Gasteiger charge is -2.23. The highest BCUT2D eigenvalue weighted by molar-refractivity contribution is 6.33. The molecule has 1 atom stereocenters. The Morgan fingerprint density at radius 1 is 1.21 bits per heavy atom. The first-order chi connectivity index (χ1) is 13.8. The zero-order valence-corrected chi connectivity index (χ0v) is 17.6. The van der Waals surface area contributed by atoms with Crippen LogP contribution in [0.25, 0.3) is 0 Å². The van der Waals surface area contributed by atoms with Crippen molar-refractivity contribution in [3.05, 3.63) is 58.9 Å². The van der Waals surface area contributed by atoms with Gasteiger partial charge in [0.05, 0.1) is 24.9 Å². The number of amides is 2. The summed E-state index contributed by atoms with van der Waals surface area (Å²) in [6.07, 6.45) is 0. The largest absolute Gasteiger partial charge is 0.494 e. The Balaban J connectivity index is 1.90. The number of halogens is 2. The van der Waals surface area contributed by atoms with Crippen molar-refractivity contribution in [2.75, 3.05) is 39.1 Å². The van der Waals surface area contributed by atoms with Gasteiger partial charge in [-0.3, -0.25) is 9.59 Å². The number of ether oxygens (including phenoxy) is 1. The summed E-state index contributed by atoms with van der Waals surface area (Å²) in [5, 5.41) is 3.20. The van der Waals surface area contributed by atoms with E-state index in [0.717, 1.165) is 4.90 Å². The minimum atomic E-state index is -0.465. The van der Waals surface area contributed by atoms with Crippen molar-refractivity contribution in [1.29, 1.82) is 0 Å². The minimum absolute atomic E-state index is 0.117. The van der Waals surface area contributed by atoms with Crippen LogP contribution in [0.1, 0.15) is 12.5 Å². The molecule has 2 N–H and O–H groups in total. The van der Waals surface area contributed by atoms with Crippen LogP contribution in [-0.2, 0) is 16.1 Å². The molecule has 0 spiro atoms. The van der Waals surface area contributed by atoms with E-state index in [2.05, 4.69) is 5.32 Å². The van der Waals surface area contributed by atoms with Crippen LogP contribution in [0.5, 0.6) is 5.75 Å². The molecule has 2 aromatic rings. The molecule has 2 aromatic carbocycles. The van der Waals surface area contributed by atoms with Gasteiger partial charge in [-0.1, -0.05) is 29.8 Å². The van der Waals surface area contributed by atoms with E-state index < -0.39 is 5.82 Å². The molecule has 8 heteroatoms. The van der Waals surface area contributed by atoms with Crippen LogP contribution in [0.4, 0.5) is 10.1 Å². The van der Waals surface area contributed by atoms with Crippen molar-refractivity contribution < 1.29 is 23.6 Å². The Morgan fingerprint density at radius 2 is 1.93 bits per heavy atom. The quantitative estimate of drug-likeness (QED) is 0.649. The molecule has 0 aromatic heterocycles. The van der Waals surface area contributed by atoms with Crippen LogP contribution in [0.2, 0.25) is 5.02 Å². The SMILES string of the molecule is CCN(Cc1ccc(OC)c(F)c1)C(=O)C[NH+](C)CC(=O)Nc1ccccc1Cl. The number of methoxy groups -OCH3 is 1. The maximum atomic E-state index is 13.9. The third-order valence-corrected chi connectivity index (χ3v) is 4.72. The fraction of sp³-hybridized carbons (Fsp3) is 0.333. The van der Waals surface area contributed by atoms with E-state index in [9.17, 15) is 14.0 Å². The number of carbonyl (C=O) groups excluding carboxylic acids is 2. The topological polar surface area (TPSA) is 63.1 Å². The number of nitrogens with one attached hydrogen (secondary N) is 2. The molecule has 0 fully saturated rings. The highest BCUT2D eigenvalue weighted by Crippen LogP contribution is 2.20. The first-order valence-corrected chi connectivity index (χ1v) is 9.67. The molecule has 0 saturated heterocycles. The van der Waals surface area contributed by atoms with E-state index in [4.69, 9.17) is 16.3 Å². The Hall–Kier alpha value is -2.64. The zero-order chi connectivity index (χ0) is 21.4. The Kier molecular flexibility index (Phi) is 8.42. The van der Waals surface area contributed by atoms with Crippen LogP contribution in [0.15, 0.2) is 42.5 Å². The van der Waals surface area contributed by atoms with Crippen molar-refractivity contribution in [3.63, 3.8) is 0 Å². The van der Waals surface area contributed by atoms with Gasteiger partial charge in [0.1, 0.15) is 0 Å². The summed E-state index contributed by atoms with van der Waals surface area (Å²) in [6, 6.07) is 11.6. The van der Waals surface area contributed by atoms with Gasteiger partial charge in [-0.2, -0.15) is 0 Å². The summed E-state index contributed by atoms with van der Waals surface area (Å²) in [6.45, 7) is 2.88. The molecule has 0 aliphatic heterocycles. The number of para-hydroxylation sites is 1. The van der Waals surface area contributed by atoms with Gasteiger partial charge in [0.15, 0.2) is 24.7 Å². The fourth-order valence-electron chi connectivity index (χ4n) is 2.87. The highest BCUT2D eigenvalue weighted by Gasteiger charge is 2.20. The third-order valence-electron chi connectivity index (χ3n) is 4.39. The lowest BCUT2D eigenvalue weighted by Crippen LogP contribution is -3.11. The molecular formula is C21H26ClFN3O3+. The zero-order valence-electron chi connectivity index (χ0n) is 16.8. The molecule has 0 radical (unpaired) electrons. The second-order valence-electron chi connectivity index (χ2n) is 6.72. The van der Waals surface area contributed by atoms with E-state index in [-0.39, 0.29) is 37.2 Å². The van der Waals surface area contributed by atoms with Gasteiger partial charge in [-0.05, 0) is 36.8 Å². The number of anilines is 1. The Labute approximate surface area is 175 Å². The fourth-order valence-corrected chi connectivity index (χ4v) is 3.05. The molecule has 6 nitrogen and oxygen atoms in total. The maximum absolute atomic E-state index is 13.9. The van der Waals surface area contributed by atoms with Crippen LogP contribution in [-0.4, -0.2) is 50.5 Å². The molecule has 0 aliphatic carbocycles. The average molecular weight is 423 g/mol. The van der Waals surface area contributed by atoms with Crippen LogP contribution >= 0.6 is 11.6 Å². The summed E-state index contributed by atoms with van der Waals surface area (Å²) in [5.41, 5.74) is 1.21. The predicted molar refractivity (Wildman–Crippen MR) is 111 cm³/mol. The molecule has 29 heavy (non-hydrogen) atoms. The molecule has 156 valence electrons. The first kappa shape index (κ1) is 22.6. The number of rotatable bonds is 9. The van der Waals surface area contributed by atoms with Gasteiger partial charge in [0.2, 0.25) is 0 Å². The second-order valence-corrected chi connectivity index (χ2v) is 7.12. The van der Waals surface area contributed by atoms with Gasteiger partial charge in [-0.15, -0.1) is 0 Å². The molecule has 2 amide bonds. The molecule has 1 unspecified atom stereocenters. The number of hydrogen-bond donors (Lipinski definition) is 2. The number of quaternary nitrogens is 1. The summed E-state index contributed by atoms with van der Waals surface area (Å²) in [4.78, 5) is 27.2. The number of nitrogens with zero attached hydrogens (tertiary/aromatic N) is 1. The summed E-state index contributed by atoms with van der Waals surface area (Å²) in [5.74, 6) is -0.653. The molecule has 0 aliphatic rings. The Bertz CT molecular complexity index is 863. The van der Waals surface area contributed by atoms with Gasteiger partial charge in [-0.25, -0.2) is 4.39 Å². The van der Waals surface area contributed by atoms with Crippen molar-refractivity contribution in [2.24, 2.45) is 0 Å². The monoisotopic (exact) mass is 422 g/mol. The number of carbonyl (C=O) groups is 2. The predicted octanol–water partition coefficient (Wildman–Crippen LogP) is 1.99. The minimum Gasteiger partial charge on any atom is -0.494 e. The van der Waals surface area contributed by atoms with E-state index in [1.165, 1.54) is 13.2 Å². The second kappa shape index (κ2) is 10.8. The Morgan fingerprint density at radius 3 is 2.55 bits per heavy atom. The van der Waals surface area contributed by atoms with E-state index >= 15 is 0 Å². The van der Waals surface area contributed by atoms with Crippen molar-refractivity contribution in [2.45, 2.75) is 13.5 Å².